The van der Waals surface area contributed by atoms with E-state index in [9.17, 15) is 0 Å². The molecule has 0 saturated carbocycles. The minimum absolute atomic E-state index is 0.305. The van der Waals surface area contributed by atoms with Gasteiger partial charge in [0, 0.05) is 29.8 Å². The number of alkyl halides is 1. The second-order valence-corrected chi connectivity index (χ2v) is 6.57. The summed E-state index contributed by atoms with van der Waals surface area (Å²) in [7, 11) is 0. The van der Waals surface area contributed by atoms with Crippen molar-refractivity contribution < 1.29 is 4.74 Å². The zero-order chi connectivity index (χ0) is 11.5. The highest BCUT2D eigenvalue weighted by Gasteiger charge is 2.24. The van der Waals surface area contributed by atoms with Crippen LogP contribution in [0.4, 0.5) is 0 Å². The first-order valence-electron chi connectivity index (χ1n) is 5.35. The standard InChI is InChI=1S/C11H15BrClNOS/c1-8-5-14(6-9(4-12)15-8)7-10-2-3-11(13)16-10/h2-3,8-9H,4-7H2,1H3. The number of ether oxygens (including phenoxy) is 1. The third-order valence-electron chi connectivity index (χ3n) is 2.58. The van der Waals surface area contributed by atoms with Crippen molar-refractivity contribution >= 4 is 38.9 Å². The maximum Gasteiger partial charge on any atom is 0.0931 e. The Bertz CT molecular complexity index is 346. The van der Waals surface area contributed by atoms with Crippen LogP contribution < -0.4 is 0 Å². The first-order valence-corrected chi connectivity index (χ1v) is 7.67. The quantitative estimate of drug-likeness (QED) is 0.790. The third-order valence-corrected chi connectivity index (χ3v) is 4.52. The van der Waals surface area contributed by atoms with Crippen molar-refractivity contribution in [2.45, 2.75) is 25.7 Å². The Morgan fingerprint density at radius 1 is 1.56 bits per heavy atom. The van der Waals surface area contributed by atoms with Gasteiger partial charge in [-0.2, -0.15) is 0 Å². The van der Waals surface area contributed by atoms with Gasteiger partial charge < -0.3 is 4.74 Å². The van der Waals surface area contributed by atoms with Crippen LogP contribution >= 0.6 is 38.9 Å². The van der Waals surface area contributed by atoms with E-state index in [0.29, 0.717) is 12.2 Å². The van der Waals surface area contributed by atoms with E-state index in [0.717, 1.165) is 29.3 Å². The number of hydrogen-bond acceptors (Lipinski definition) is 3. The van der Waals surface area contributed by atoms with Crippen LogP contribution in [0.1, 0.15) is 11.8 Å². The Morgan fingerprint density at radius 3 is 3.00 bits per heavy atom. The molecule has 0 bridgehead atoms. The average Bonchev–Trinajstić information content (AvgIpc) is 2.63. The monoisotopic (exact) mass is 323 g/mol. The molecular weight excluding hydrogens is 310 g/mol. The molecule has 1 aliphatic rings. The van der Waals surface area contributed by atoms with Crippen LogP contribution in [0.15, 0.2) is 12.1 Å². The minimum Gasteiger partial charge on any atom is -0.372 e. The fourth-order valence-electron chi connectivity index (χ4n) is 2.01. The van der Waals surface area contributed by atoms with E-state index in [1.807, 2.05) is 6.07 Å². The van der Waals surface area contributed by atoms with E-state index in [2.05, 4.69) is 33.8 Å². The lowest BCUT2D eigenvalue weighted by Gasteiger charge is -2.35. The lowest BCUT2D eigenvalue weighted by molar-refractivity contribution is -0.0675. The lowest BCUT2D eigenvalue weighted by atomic mass is 10.2. The zero-order valence-electron chi connectivity index (χ0n) is 9.16. The van der Waals surface area contributed by atoms with E-state index in [1.54, 1.807) is 11.3 Å². The number of halogens is 2. The SMILES string of the molecule is CC1CN(Cc2ccc(Cl)s2)CC(CBr)O1. The van der Waals surface area contributed by atoms with Crippen molar-refractivity contribution in [3.05, 3.63) is 21.3 Å². The molecule has 0 amide bonds. The van der Waals surface area contributed by atoms with Gasteiger partial charge in [-0.15, -0.1) is 11.3 Å². The van der Waals surface area contributed by atoms with Crippen LogP contribution in [-0.2, 0) is 11.3 Å². The van der Waals surface area contributed by atoms with Gasteiger partial charge in [-0.25, -0.2) is 0 Å². The molecule has 5 heteroatoms. The van der Waals surface area contributed by atoms with Gasteiger partial charge in [0.05, 0.1) is 16.5 Å². The van der Waals surface area contributed by atoms with Crippen LogP contribution in [0.3, 0.4) is 0 Å². The summed E-state index contributed by atoms with van der Waals surface area (Å²) in [5.41, 5.74) is 0. The molecule has 2 rings (SSSR count). The Kier molecular flexibility index (Phi) is 4.67. The Morgan fingerprint density at radius 2 is 2.38 bits per heavy atom. The largest absolute Gasteiger partial charge is 0.372 e. The van der Waals surface area contributed by atoms with Crippen LogP contribution in [0.5, 0.6) is 0 Å². The second kappa shape index (κ2) is 5.83. The van der Waals surface area contributed by atoms with Crippen molar-refractivity contribution in [2.24, 2.45) is 0 Å². The molecule has 0 aliphatic carbocycles. The molecule has 0 aromatic carbocycles. The summed E-state index contributed by atoms with van der Waals surface area (Å²) in [4.78, 5) is 3.76. The third kappa shape index (κ3) is 3.44. The van der Waals surface area contributed by atoms with Gasteiger partial charge in [0.15, 0.2) is 0 Å². The van der Waals surface area contributed by atoms with E-state index >= 15 is 0 Å². The topological polar surface area (TPSA) is 12.5 Å². The fraction of sp³-hybridized carbons (Fsp3) is 0.636. The van der Waals surface area contributed by atoms with Gasteiger partial charge in [-0.1, -0.05) is 27.5 Å². The Hall–Kier alpha value is 0.390. The summed E-state index contributed by atoms with van der Waals surface area (Å²) in [5, 5.41) is 0.902. The summed E-state index contributed by atoms with van der Waals surface area (Å²) in [6.45, 7) is 5.10. The zero-order valence-corrected chi connectivity index (χ0v) is 12.3. The van der Waals surface area contributed by atoms with Crippen LogP contribution in [0.25, 0.3) is 0 Å². The maximum atomic E-state index is 5.93. The van der Waals surface area contributed by atoms with Crippen molar-refractivity contribution in [3.8, 4) is 0 Å². The first-order chi connectivity index (χ1) is 7.67. The summed E-state index contributed by atoms with van der Waals surface area (Å²) in [6, 6.07) is 4.07. The average molecular weight is 325 g/mol. The summed E-state index contributed by atoms with van der Waals surface area (Å²) in [6.07, 6.45) is 0.617. The molecular formula is C11H15BrClNOS. The van der Waals surface area contributed by atoms with Crippen LogP contribution in [0, 0.1) is 0 Å². The highest BCUT2D eigenvalue weighted by atomic mass is 79.9. The molecule has 1 fully saturated rings. The minimum atomic E-state index is 0.305. The van der Waals surface area contributed by atoms with Crippen LogP contribution in [0.2, 0.25) is 4.34 Å². The molecule has 0 radical (unpaired) electrons. The Labute approximate surface area is 114 Å². The molecule has 0 spiro atoms. The van der Waals surface area contributed by atoms with Crippen molar-refractivity contribution in [3.63, 3.8) is 0 Å². The maximum absolute atomic E-state index is 5.93. The smallest absolute Gasteiger partial charge is 0.0931 e. The van der Waals surface area contributed by atoms with E-state index < -0.39 is 0 Å². The highest BCUT2D eigenvalue weighted by Crippen LogP contribution is 2.24. The predicted octanol–water partition coefficient (Wildman–Crippen LogP) is 3.39. The van der Waals surface area contributed by atoms with Gasteiger partial charge in [0.25, 0.3) is 0 Å². The molecule has 2 atom stereocenters. The summed E-state index contributed by atoms with van der Waals surface area (Å²) < 4.78 is 6.67. The van der Waals surface area contributed by atoms with Gasteiger partial charge in [-0.05, 0) is 19.1 Å². The summed E-state index contributed by atoms with van der Waals surface area (Å²) >= 11 is 11.1. The lowest BCUT2D eigenvalue weighted by Crippen LogP contribution is -2.46. The molecule has 1 aromatic heterocycles. The molecule has 1 aromatic rings. The number of rotatable bonds is 3. The predicted molar refractivity (Wildman–Crippen MR) is 72.7 cm³/mol. The van der Waals surface area contributed by atoms with Gasteiger partial charge in [0.1, 0.15) is 0 Å². The number of thiophene rings is 1. The molecule has 1 saturated heterocycles. The van der Waals surface area contributed by atoms with E-state index in [1.165, 1.54) is 4.88 Å². The van der Waals surface area contributed by atoms with Crippen molar-refractivity contribution in [1.82, 2.24) is 4.90 Å². The van der Waals surface area contributed by atoms with Gasteiger partial charge >= 0.3 is 0 Å². The first kappa shape index (κ1) is 12.8. The molecule has 16 heavy (non-hydrogen) atoms. The molecule has 2 nitrogen and oxygen atoms in total. The molecule has 2 heterocycles. The van der Waals surface area contributed by atoms with E-state index in [4.69, 9.17) is 16.3 Å². The molecule has 2 unspecified atom stereocenters. The molecule has 90 valence electrons. The highest BCUT2D eigenvalue weighted by molar-refractivity contribution is 9.09. The molecule has 0 N–H and O–H groups in total. The molecule has 1 aliphatic heterocycles. The number of nitrogens with zero attached hydrogens (tertiary/aromatic N) is 1. The normalized spacial score (nSPS) is 27.2. The fourth-order valence-corrected chi connectivity index (χ4v) is 3.50. The number of morpholine rings is 1. The van der Waals surface area contributed by atoms with E-state index in [-0.39, 0.29) is 0 Å². The second-order valence-electron chi connectivity index (χ2n) is 4.12. The number of hydrogen-bond donors (Lipinski definition) is 0. The summed E-state index contributed by atoms with van der Waals surface area (Å²) in [5.74, 6) is 0. The van der Waals surface area contributed by atoms with Crippen molar-refractivity contribution in [1.29, 1.82) is 0 Å². The van der Waals surface area contributed by atoms with Crippen LogP contribution in [-0.4, -0.2) is 35.5 Å². The van der Waals surface area contributed by atoms with Gasteiger partial charge in [0.2, 0.25) is 0 Å². The Balaban J connectivity index is 1.93. The van der Waals surface area contributed by atoms with Crippen molar-refractivity contribution in [2.75, 3.05) is 18.4 Å². The van der Waals surface area contributed by atoms with Gasteiger partial charge in [-0.3, -0.25) is 4.90 Å².